The summed E-state index contributed by atoms with van der Waals surface area (Å²) in [6, 6.07) is 5.60. The van der Waals surface area contributed by atoms with E-state index < -0.39 is 0 Å². The summed E-state index contributed by atoms with van der Waals surface area (Å²) < 4.78 is 0. The fraction of sp³-hybridized carbons (Fsp3) is 0.588. The number of Topliss-reactive ketones (excluding diaryl/α,β-unsaturated/α-hetero) is 1. The van der Waals surface area contributed by atoms with Gasteiger partial charge in [-0.2, -0.15) is 0 Å². The second-order valence-electron chi connectivity index (χ2n) is 5.48. The Bertz CT molecular complexity index is 421. The van der Waals surface area contributed by atoms with Crippen molar-refractivity contribution in [1.82, 2.24) is 4.90 Å². The molecular weight excluding hydrogens is 248 g/mol. The minimum atomic E-state index is 0.170. The molecule has 0 aliphatic heterocycles. The highest BCUT2D eigenvalue weighted by Crippen LogP contribution is 2.14. The zero-order valence-corrected chi connectivity index (χ0v) is 13.1. The third kappa shape index (κ3) is 5.33. The smallest absolute Gasteiger partial charge is 0.176 e. The third-order valence-corrected chi connectivity index (χ3v) is 3.62. The molecule has 0 aliphatic carbocycles. The van der Waals surface area contributed by atoms with E-state index >= 15 is 0 Å². The minimum Gasteiger partial charge on any atom is -0.398 e. The number of anilines is 1. The Labute approximate surface area is 123 Å². The van der Waals surface area contributed by atoms with Crippen LogP contribution in [0.1, 0.15) is 55.5 Å². The van der Waals surface area contributed by atoms with Crippen molar-refractivity contribution in [3.63, 3.8) is 0 Å². The third-order valence-electron chi connectivity index (χ3n) is 3.62. The van der Waals surface area contributed by atoms with E-state index in [-0.39, 0.29) is 5.78 Å². The number of carbonyl (C=O) groups is 1. The lowest BCUT2D eigenvalue weighted by molar-refractivity contribution is 0.0928. The summed E-state index contributed by atoms with van der Waals surface area (Å²) in [5.74, 6) is 0.170. The molecule has 0 unspecified atom stereocenters. The van der Waals surface area contributed by atoms with Crippen molar-refractivity contribution in [3.05, 3.63) is 29.3 Å². The molecule has 3 heteroatoms. The zero-order chi connectivity index (χ0) is 15.0. The van der Waals surface area contributed by atoms with Gasteiger partial charge in [-0.15, -0.1) is 0 Å². The van der Waals surface area contributed by atoms with E-state index in [0.29, 0.717) is 12.2 Å². The minimum absolute atomic E-state index is 0.170. The first kappa shape index (κ1) is 16.7. The normalized spacial score (nSPS) is 11.0. The van der Waals surface area contributed by atoms with Crippen LogP contribution in [0.5, 0.6) is 0 Å². The summed E-state index contributed by atoms with van der Waals surface area (Å²) in [5.41, 5.74) is 8.33. The Morgan fingerprint density at radius 2 is 1.75 bits per heavy atom. The number of hydrogen-bond donors (Lipinski definition) is 1. The van der Waals surface area contributed by atoms with Gasteiger partial charge in [0.1, 0.15) is 0 Å². The standard InChI is InChI=1S/C17H28N2O/c1-4-6-10-19(11-7-5-2)13-17(20)15-9-8-14(3)16(18)12-15/h8-9,12H,4-7,10-11,13,18H2,1-3H3. The SMILES string of the molecule is CCCCN(CCCC)CC(=O)c1ccc(C)c(N)c1. The van der Waals surface area contributed by atoms with Gasteiger partial charge in [-0.1, -0.05) is 38.8 Å². The highest BCUT2D eigenvalue weighted by Gasteiger charge is 2.12. The highest BCUT2D eigenvalue weighted by atomic mass is 16.1. The topological polar surface area (TPSA) is 46.3 Å². The van der Waals surface area contributed by atoms with Crippen LogP contribution in [-0.4, -0.2) is 30.3 Å². The predicted octanol–water partition coefficient (Wildman–Crippen LogP) is 3.66. The van der Waals surface area contributed by atoms with Crippen molar-refractivity contribution in [2.75, 3.05) is 25.4 Å². The Hall–Kier alpha value is -1.35. The number of benzene rings is 1. The molecule has 0 atom stereocenters. The van der Waals surface area contributed by atoms with Crippen molar-refractivity contribution in [2.24, 2.45) is 0 Å². The Kier molecular flexibility index (Phi) is 7.31. The molecule has 1 rings (SSSR count). The number of ketones is 1. The number of aryl methyl sites for hydroxylation is 1. The number of carbonyl (C=O) groups excluding carboxylic acids is 1. The molecule has 112 valence electrons. The molecular formula is C17H28N2O. The average Bonchev–Trinajstić information content (AvgIpc) is 2.44. The van der Waals surface area contributed by atoms with Gasteiger partial charge in [-0.3, -0.25) is 9.69 Å². The van der Waals surface area contributed by atoms with E-state index in [1.54, 1.807) is 6.07 Å². The van der Waals surface area contributed by atoms with E-state index in [4.69, 9.17) is 5.73 Å². The molecule has 0 bridgehead atoms. The number of nitrogens with two attached hydrogens (primary N) is 1. The van der Waals surface area contributed by atoms with E-state index in [9.17, 15) is 4.79 Å². The van der Waals surface area contributed by atoms with Gasteiger partial charge in [-0.05, 0) is 44.5 Å². The van der Waals surface area contributed by atoms with Gasteiger partial charge >= 0.3 is 0 Å². The Balaban J connectivity index is 2.65. The average molecular weight is 276 g/mol. The number of rotatable bonds is 9. The molecule has 0 aromatic heterocycles. The molecule has 0 aliphatic rings. The number of hydrogen-bond acceptors (Lipinski definition) is 3. The summed E-state index contributed by atoms with van der Waals surface area (Å²) in [5, 5.41) is 0. The Morgan fingerprint density at radius 1 is 1.15 bits per heavy atom. The molecule has 0 amide bonds. The van der Waals surface area contributed by atoms with Crippen LogP contribution in [0.2, 0.25) is 0 Å². The zero-order valence-electron chi connectivity index (χ0n) is 13.1. The van der Waals surface area contributed by atoms with Crippen molar-refractivity contribution in [3.8, 4) is 0 Å². The van der Waals surface area contributed by atoms with Crippen molar-refractivity contribution < 1.29 is 4.79 Å². The van der Waals surface area contributed by atoms with Crippen LogP contribution in [0.4, 0.5) is 5.69 Å². The lowest BCUT2D eigenvalue weighted by Crippen LogP contribution is -2.32. The summed E-state index contributed by atoms with van der Waals surface area (Å²) in [4.78, 5) is 14.6. The van der Waals surface area contributed by atoms with Gasteiger partial charge in [0.25, 0.3) is 0 Å². The van der Waals surface area contributed by atoms with Crippen LogP contribution in [0.15, 0.2) is 18.2 Å². The second-order valence-corrected chi connectivity index (χ2v) is 5.48. The maximum Gasteiger partial charge on any atom is 0.176 e. The van der Waals surface area contributed by atoms with Gasteiger partial charge in [0.2, 0.25) is 0 Å². The van der Waals surface area contributed by atoms with E-state index in [1.165, 1.54) is 0 Å². The maximum atomic E-state index is 12.3. The van der Waals surface area contributed by atoms with Gasteiger partial charge in [0.05, 0.1) is 6.54 Å². The number of unbranched alkanes of at least 4 members (excludes halogenated alkanes) is 2. The van der Waals surface area contributed by atoms with Crippen molar-refractivity contribution >= 4 is 11.5 Å². The highest BCUT2D eigenvalue weighted by molar-refractivity contribution is 5.98. The van der Waals surface area contributed by atoms with Gasteiger partial charge < -0.3 is 5.73 Å². The molecule has 2 N–H and O–H groups in total. The lowest BCUT2D eigenvalue weighted by Gasteiger charge is -2.21. The lowest BCUT2D eigenvalue weighted by atomic mass is 10.1. The maximum absolute atomic E-state index is 12.3. The van der Waals surface area contributed by atoms with Crippen LogP contribution in [-0.2, 0) is 0 Å². The van der Waals surface area contributed by atoms with Crippen molar-refractivity contribution in [1.29, 1.82) is 0 Å². The van der Waals surface area contributed by atoms with Crippen LogP contribution >= 0.6 is 0 Å². The summed E-state index contributed by atoms with van der Waals surface area (Å²) in [6.07, 6.45) is 4.61. The first-order valence-corrected chi connectivity index (χ1v) is 7.70. The number of nitrogens with zero attached hydrogens (tertiary/aromatic N) is 1. The summed E-state index contributed by atoms with van der Waals surface area (Å²) in [6.45, 7) is 8.83. The first-order valence-electron chi connectivity index (χ1n) is 7.70. The quantitative estimate of drug-likeness (QED) is 0.553. The van der Waals surface area contributed by atoms with Crippen LogP contribution in [0.3, 0.4) is 0 Å². The molecule has 0 radical (unpaired) electrons. The first-order chi connectivity index (χ1) is 9.58. The fourth-order valence-corrected chi connectivity index (χ4v) is 2.14. The molecule has 20 heavy (non-hydrogen) atoms. The van der Waals surface area contributed by atoms with E-state index in [2.05, 4.69) is 18.7 Å². The second kappa shape index (κ2) is 8.75. The monoisotopic (exact) mass is 276 g/mol. The van der Waals surface area contributed by atoms with Gasteiger partial charge in [0, 0.05) is 11.3 Å². The van der Waals surface area contributed by atoms with Crippen LogP contribution < -0.4 is 5.73 Å². The van der Waals surface area contributed by atoms with Crippen LogP contribution in [0, 0.1) is 6.92 Å². The van der Waals surface area contributed by atoms with Gasteiger partial charge in [-0.25, -0.2) is 0 Å². The Morgan fingerprint density at radius 3 is 2.25 bits per heavy atom. The fourth-order valence-electron chi connectivity index (χ4n) is 2.14. The number of nitrogen functional groups attached to an aromatic ring is 1. The predicted molar refractivity (Wildman–Crippen MR) is 86.2 cm³/mol. The van der Waals surface area contributed by atoms with E-state index in [1.807, 2.05) is 19.1 Å². The molecule has 0 heterocycles. The molecule has 0 saturated carbocycles. The van der Waals surface area contributed by atoms with Crippen molar-refractivity contribution in [2.45, 2.75) is 46.5 Å². The molecule has 1 aromatic carbocycles. The largest absolute Gasteiger partial charge is 0.398 e. The van der Waals surface area contributed by atoms with Crippen LogP contribution in [0.25, 0.3) is 0 Å². The molecule has 0 saturated heterocycles. The van der Waals surface area contributed by atoms with E-state index in [0.717, 1.165) is 49.9 Å². The summed E-state index contributed by atoms with van der Waals surface area (Å²) in [7, 11) is 0. The molecule has 0 fully saturated rings. The molecule has 1 aromatic rings. The summed E-state index contributed by atoms with van der Waals surface area (Å²) >= 11 is 0. The molecule has 3 nitrogen and oxygen atoms in total. The van der Waals surface area contributed by atoms with Gasteiger partial charge in [0.15, 0.2) is 5.78 Å². The molecule has 0 spiro atoms.